The molecule has 4 atom stereocenters. The van der Waals surface area contributed by atoms with Gasteiger partial charge in [0, 0.05) is 26.7 Å². The molecule has 35 heavy (non-hydrogen) atoms. The summed E-state index contributed by atoms with van der Waals surface area (Å²) in [5.41, 5.74) is 6.98. The van der Waals surface area contributed by atoms with Crippen molar-refractivity contribution in [3.8, 4) is 0 Å². The number of hydrogen-bond donors (Lipinski definition) is 1. The van der Waals surface area contributed by atoms with Crippen molar-refractivity contribution in [2.24, 2.45) is 0 Å². The summed E-state index contributed by atoms with van der Waals surface area (Å²) >= 11 is 0. The molecule has 2 N–H and O–H groups in total. The van der Waals surface area contributed by atoms with Gasteiger partial charge in [-0.15, -0.1) is 0 Å². The summed E-state index contributed by atoms with van der Waals surface area (Å²) < 4.78 is 24.4. The lowest BCUT2D eigenvalue weighted by Crippen LogP contribution is -2.40. The van der Waals surface area contributed by atoms with Gasteiger partial charge >= 0.3 is 17.9 Å². The van der Waals surface area contributed by atoms with Gasteiger partial charge in [-0.25, -0.2) is 15.0 Å². The van der Waals surface area contributed by atoms with Gasteiger partial charge in [-0.2, -0.15) is 0 Å². The Morgan fingerprint density at radius 3 is 2.29 bits per heavy atom. The number of nitrogen functional groups attached to an aromatic ring is 1. The van der Waals surface area contributed by atoms with Crippen molar-refractivity contribution in [1.29, 1.82) is 0 Å². The first-order valence-electron chi connectivity index (χ1n) is 11.9. The molecule has 3 heterocycles. The summed E-state index contributed by atoms with van der Waals surface area (Å²) in [4.78, 5) is 48.8. The third-order valence-corrected chi connectivity index (χ3v) is 6.35. The molecule has 190 valence electrons. The number of esters is 3. The van der Waals surface area contributed by atoms with Crippen LogP contribution in [0.5, 0.6) is 0 Å². The van der Waals surface area contributed by atoms with Gasteiger partial charge in [-0.1, -0.05) is 25.7 Å². The summed E-state index contributed by atoms with van der Waals surface area (Å²) in [7, 11) is 0. The van der Waals surface area contributed by atoms with Gasteiger partial charge in [0.05, 0.1) is 0 Å². The zero-order valence-electron chi connectivity index (χ0n) is 20.1. The Morgan fingerprint density at radius 2 is 1.66 bits per heavy atom. The topological polar surface area (TPSA) is 158 Å². The third kappa shape index (κ3) is 5.37. The number of nitrogens with zero attached hydrogens (tertiary/aromatic N) is 4. The molecular formula is C23H31N5O7. The van der Waals surface area contributed by atoms with Crippen molar-refractivity contribution in [1.82, 2.24) is 19.5 Å². The van der Waals surface area contributed by atoms with E-state index in [9.17, 15) is 14.4 Å². The van der Waals surface area contributed by atoms with Crippen LogP contribution >= 0.6 is 0 Å². The molecule has 1 aliphatic heterocycles. The van der Waals surface area contributed by atoms with Crippen molar-refractivity contribution >= 4 is 34.9 Å². The molecule has 0 unspecified atom stereocenters. The monoisotopic (exact) mass is 489 g/mol. The molecule has 2 aromatic rings. The van der Waals surface area contributed by atoms with E-state index < -0.39 is 42.4 Å². The number of carbonyl (C=O) groups excluding carboxylic acids is 3. The van der Waals surface area contributed by atoms with Crippen molar-refractivity contribution in [2.75, 3.05) is 12.3 Å². The summed E-state index contributed by atoms with van der Waals surface area (Å²) in [6.07, 6.45) is 3.71. The first kappa shape index (κ1) is 24.8. The molecule has 1 aliphatic carbocycles. The second kappa shape index (κ2) is 10.5. The maximum Gasteiger partial charge on any atom is 0.303 e. The van der Waals surface area contributed by atoms with Crippen LogP contribution in [0.1, 0.15) is 77.3 Å². The second-order valence-electron chi connectivity index (χ2n) is 8.98. The largest absolute Gasteiger partial charge is 0.463 e. The molecule has 0 aromatic carbocycles. The van der Waals surface area contributed by atoms with Crippen LogP contribution in [0.4, 0.5) is 5.82 Å². The molecule has 1 saturated heterocycles. The Kier molecular flexibility index (Phi) is 7.48. The van der Waals surface area contributed by atoms with E-state index in [1.54, 1.807) is 4.57 Å². The van der Waals surface area contributed by atoms with Crippen LogP contribution in [0.15, 0.2) is 6.33 Å². The average molecular weight is 490 g/mol. The van der Waals surface area contributed by atoms with Gasteiger partial charge in [0.2, 0.25) is 0 Å². The van der Waals surface area contributed by atoms with Gasteiger partial charge in [0.25, 0.3) is 0 Å². The highest BCUT2D eigenvalue weighted by atomic mass is 16.7. The van der Waals surface area contributed by atoms with Crippen LogP contribution in [0, 0.1) is 0 Å². The fraction of sp³-hybridized carbons (Fsp3) is 0.652. The van der Waals surface area contributed by atoms with Crippen molar-refractivity contribution in [2.45, 2.75) is 89.8 Å². The standard InChI is InChI=1S/C23H31N5O7/c1-12(29)32-10-16-18(33-13(2)30)19(34-14(3)31)23(35-16)28-21(15-8-6-4-5-7-9-15)27-17-20(24)25-11-26-22(17)28/h11,15-16,18-19,23H,4-10H2,1-3H3,(H2,24,25,26)/t16-,18-,19-,23-/m1/s1. The first-order chi connectivity index (χ1) is 16.8. The predicted octanol–water partition coefficient (Wildman–Crippen LogP) is 2.17. The second-order valence-corrected chi connectivity index (χ2v) is 8.98. The molecule has 12 nitrogen and oxygen atoms in total. The number of nitrogens with two attached hydrogens (primary N) is 1. The van der Waals surface area contributed by atoms with E-state index in [0.29, 0.717) is 17.0 Å². The Labute approximate surface area is 202 Å². The van der Waals surface area contributed by atoms with Gasteiger partial charge in [-0.05, 0) is 12.8 Å². The van der Waals surface area contributed by atoms with Crippen molar-refractivity contribution in [3.05, 3.63) is 12.2 Å². The van der Waals surface area contributed by atoms with E-state index >= 15 is 0 Å². The average Bonchev–Trinajstić information content (AvgIpc) is 3.18. The lowest BCUT2D eigenvalue weighted by atomic mass is 9.99. The summed E-state index contributed by atoms with van der Waals surface area (Å²) in [6.45, 7) is 3.59. The predicted molar refractivity (Wildman–Crippen MR) is 122 cm³/mol. The number of fused-ring (bicyclic) bond motifs is 1. The molecular weight excluding hydrogens is 458 g/mol. The Balaban J connectivity index is 1.83. The van der Waals surface area contributed by atoms with E-state index in [4.69, 9.17) is 29.7 Å². The highest BCUT2D eigenvalue weighted by Gasteiger charge is 2.52. The quantitative estimate of drug-likeness (QED) is 0.360. The van der Waals surface area contributed by atoms with Crippen LogP contribution < -0.4 is 5.73 Å². The Morgan fingerprint density at radius 1 is 1.00 bits per heavy atom. The minimum Gasteiger partial charge on any atom is -0.463 e. The van der Waals surface area contributed by atoms with E-state index in [1.807, 2.05) is 0 Å². The minimum absolute atomic E-state index is 0.104. The maximum absolute atomic E-state index is 12.1. The van der Waals surface area contributed by atoms with Crippen molar-refractivity contribution in [3.63, 3.8) is 0 Å². The van der Waals surface area contributed by atoms with Crippen LogP contribution in [0.25, 0.3) is 11.2 Å². The third-order valence-electron chi connectivity index (χ3n) is 6.35. The Hall–Kier alpha value is -3.28. The number of ether oxygens (including phenoxy) is 4. The van der Waals surface area contributed by atoms with Gasteiger partial charge < -0.3 is 24.7 Å². The van der Waals surface area contributed by atoms with E-state index in [1.165, 1.54) is 27.1 Å². The number of aromatic nitrogens is 4. The van der Waals surface area contributed by atoms with E-state index in [2.05, 4.69) is 9.97 Å². The molecule has 2 aromatic heterocycles. The van der Waals surface area contributed by atoms with Crippen LogP contribution in [-0.2, 0) is 33.3 Å². The lowest BCUT2D eigenvalue weighted by molar-refractivity contribution is -0.166. The van der Waals surface area contributed by atoms with Crippen molar-refractivity contribution < 1.29 is 33.3 Å². The van der Waals surface area contributed by atoms with Gasteiger partial charge in [0.15, 0.2) is 35.4 Å². The number of hydrogen-bond acceptors (Lipinski definition) is 11. The highest BCUT2D eigenvalue weighted by molar-refractivity contribution is 5.82. The first-order valence-corrected chi connectivity index (χ1v) is 11.9. The number of carbonyl (C=O) groups is 3. The normalized spacial score (nSPS) is 25.2. The zero-order valence-corrected chi connectivity index (χ0v) is 20.1. The summed E-state index contributed by atoms with van der Waals surface area (Å²) in [5, 5.41) is 0. The van der Waals surface area contributed by atoms with Crippen LogP contribution in [-0.4, -0.2) is 62.3 Å². The zero-order chi connectivity index (χ0) is 25.1. The fourth-order valence-electron chi connectivity index (χ4n) is 4.92. The smallest absolute Gasteiger partial charge is 0.303 e. The molecule has 2 aliphatic rings. The summed E-state index contributed by atoms with van der Waals surface area (Å²) in [5.74, 6) is -0.661. The lowest BCUT2D eigenvalue weighted by Gasteiger charge is -2.26. The van der Waals surface area contributed by atoms with E-state index in [0.717, 1.165) is 38.5 Å². The maximum atomic E-state index is 12.1. The molecule has 0 radical (unpaired) electrons. The van der Waals surface area contributed by atoms with Crippen LogP contribution in [0.3, 0.4) is 0 Å². The molecule has 2 fully saturated rings. The van der Waals surface area contributed by atoms with Gasteiger partial charge in [0.1, 0.15) is 24.9 Å². The summed E-state index contributed by atoms with van der Waals surface area (Å²) in [6, 6.07) is 0. The Bertz CT molecular complexity index is 1100. The minimum atomic E-state index is -1.03. The van der Waals surface area contributed by atoms with Gasteiger partial charge in [-0.3, -0.25) is 19.0 Å². The SMILES string of the molecule is CC(=O)OC[C@H]1O[C@@H](n2c(C3CCCCCC3)nc3c(N)ncnc32)[C@H](OC(C)=O)[C@@H]1OC(C)=O. The number of anilines is 1. The fourth-order valence-corrected chi connectivity index (χ4v) is 4.92. The molecule has 0 spiro atoms. The van der Waals surface area contributed by atoms with E-state index in [-0.39, 0.29) is 18.3 Å². The molecule has 12 heteroatoms. The highest BCUT2D eigenvalue weighted by Crippen LogP contribution is 2.41. The molecule has 0 bridgehead atoms. The molecule has 1 saturated carbocycles. The number of rotatable bonds is 6. The molecule has 4 rings (SSSR count). The molecule has 0 amide bonds. The van der Waals surface area contributed by atoms with Crippen LogP contribution in [0.2, 0.25) is 0 Å². The number of imidazole rings is 1.